The number of carbonyl (C=O) groups is 4. The second-order valence-electron chi connectivity index (χ2n) is 16.5. The lowest BCUT2D eigenvalue weighted by molar-refractivity contribution is 0.0517. The number of nitrogens with zero attached hydrogens (tertiary/aromatic N) is 8. The van der Waals surface area contributed by atoms with Crippen molar-refractivity contribution in [3.05, 3.63) is 198 Å². The number of rotatable bonds is 14. The maximum absolute atomic E-state index is 11.9. The third kappa shape index (κ3) is 16.4. The molecule has 3 aromatic carbocycles. The first-order valence-corrected chi connectivity index (χ1v) is 28.2. The van der Waals surface area contributed by atoms with Crippen LogP contribution in [0.5, 0.6) is 0 Å². The number of aliphatic hydroxyl groups is 1. The molecule has 0 atom stereocenters. The van der Waals surface area contributed by atoms with Crippen LogP contribution in [0.4, 0.5) is 27.3 Å². The minimum absolute atomic E-state index is 0.0405. The Labute approximate surface area is 491 Å². The number of nitrogens with two attached hydrogens (primary N) is 1. The molecule has 0 saturated heterocycles. The first-order chi connectivity index (χ1) is 39.9. The average molecular weight is 1230 g/mol. The van der Waals surface area contributed by atoms with Crippen molar-refractivity contribution in [2.45, 2.75) is 20.8 Å². The van der Waals surface area contributed by atoms with E-state index in [0.717, 1.165) is 50.5 Å². The Balaban J connectivity index is 0.000000161. The molecule has 0 fully saturated rings. The summed E-state index contributed by atoms with van der Waals surface area (Å²) in [4.78, 5) is 68.2. The Hall–Kier alpha value is -9.24. The van der Waals surface area contributed by atoms with Gasteiger partial charge < -0.3 is 36.3 Å². The number of imidazole rings is 3. The Morgan fingerprint density at radius 1 is 0.610 bits per heavy atom. The van der Waals surface area contributed by atoms with Gasteiger partial charge in [-0.1, -0.05) is 52.3 Å². The summed E-state index contributed by atoms with van der Waals surface area (Å²) in [6, 6.07) is 38.1. The van der Waals surface area contributed by atoms with Gasteiger partial charge in [-0.05, 0) is 124 Å². The van der Waals surface area contributed by atoms with Gasteiger partial charge in [0.2, 0.25) is 0 Å². The normalized spacial score (nSPS) is 10.3. The summed E-state index contributed by atoms with van der Waals surface area (Å²) in [5, 5.41) is 31.3. The van der Waals surface area contributed by atoms with Crippen LogP contribution in [0, 0.1) is 0 Å². The SMILES string of the molecule is CCO.CCOC(=O)c1cccc(NC(N)=S)c1.CCOC(=O)c1cccc(Nc2nc(-c3cnc4ccccn34)cs2)c1.O=C(CBr)c1cnc2ccccn12.O=C(NO)c1cccc(Nc2nc(-c3cnc4ccccn34)cs2)c1. The Morgan fingerprint density at radius 3 is 1.50 bits per heavy atom. The molecule has 8 heterocycles. The fourth-order valence-corrected chi connectivity index (χ4v) is 9.27. The lowest BCUT2D eigenvalue weighted by Crippen LogP contribution is -2.19. The molecule has 82 heavy (non-hydrogen) atoms. The molecular weight excluding hydrogens is 1170 g/mol. The molecule has 420 valence electrons. The highest BCUT2D eigenvalue weighted by Crippen LogP contribution is 2.30. The van der Waals surface area contributed by atoms with Gasteiger partial charge in [0.1, 0.15) is 34.0 Å². The quantitative estimate of drug-likeness (QED) is 0.0133. The summed E-state index contributed by atoms with van der Waals surface area (Å²) in [7, 11) is 0. The number of hydroxylamine groups is 1. The number of ketones is 1. The maximum atomic E-state index is 11.9. The highest BCUT2D eigenvalue weighted by Gasteiger charge is 2.14. The lowest BCUT2D eigenvalue weighted by atomic mass is 10.2. The number of benzene rings is 3. The van der Waals surface area contributed by atoms with Crippen LogP contribution < -0.4 is 27.2 Å². The van der Waals surface area contributed by atoms with E-state index in [-0.39, 0.29) is 29.4 Å². The number of nitrogens with one attached hydrogen (secondary N) is 4. The van der Waals surface area contributed by atoms with Crippen LogP contribution in [0.15, 0.2) is 175 Å². The van der Waals surface area contributed by atoms with E-state index in [2.05, 4.69) is 69.0 Å². The third-order valence-electron chi connectivity index (χ3n) is 10.9. The fourth-order valence-electron chi connectivity index (χ4n) is 7.42. The molecule has 0 spiro atoms. The molecule has 1 amide bonds. The number of ether oxygens (including phenoxy) is 2. The van der Waals surface area contributed by atoms with Crippen LogP contribution in [0.2, 0.25) is 0 Å². The van der Waals surface area contributed by atoms with E-state index in [9.17, 15) is 19.2 Å². The van der Waals surface area contributed by atoms with Crippen molar-refractivity contribution >= 4 is 124 Å². The lowest BCUT2D eigenvalue weighted by Gasteiger charge is -2.06. The molecule has 8 aromatic heterocycles. The standard InChI is InChI=1S/C19H16N4O2S.C17H13N5O2S.C10H12N2O2S.C9H7BrN2O.C2H6O/c1-2-25-18(24)13-6-5-7-14(10-13)21-19-22-15(12-26-19)16-11-20-17-8-3-4-9-23(16)17;23-16(21-24)11-4-3-5-12(8-11)19-17-20-13(10-25-17)14-9-18-15-6-1-2-7-22(14)15;1-2-14-9(13)7-4-3-5-8(6-7)12-10(11)15;10-5-8(13)7-6-11-9-3-1-2-4-12(7)9;1-2-3/h3-12H,2H2,1H3,(H,21,22);1-10,24H,(H,19,20)(H,21,23);3-6H,2H2,1H3,(H3,11,12,15);1-4,6H,5H2;3H,2H2,1H3. The predicted octanol–water partition coefficient (Wildman–Crippen LogP) is 11.1. The summed E-state index contributed by atoms with van der Waals surface area (Å²) < 4.78 is 15.7. The van der Waals surface area contributed by atoms with E-state index in [1.54, 1.807) is 97.6 Å². The van der Waals surface area contributed by atoms with Crippen molar-refractivity contribution in [2.24, 2.45) is 5.73 Å². The largest absolute Gasteiger partial charge is 0.462 e. The number of carbonyl (C=O) groups excluding carboxylic acids is 4. The van der Waals surface area contributed by atoms with Crippen molar-refractivity contribution in [3.63, 3.8) is 0 Å². The number of alkyl halides is 1. The van der Waals surface area contributed by atoms with Crippen LogP contribution in [-0.2, 0) is 9.47 Å². The van der Waals surface area contributed by atoms with Crippen LogP contribution in [0.1, 0.15) is 62.3 Å². The van der Waals surface area contributed by atoms with E-state index in [1.807, 2.05) is 117 Å². The van der Waals surface area contributed by atoms with Crippen molar-refractivity contribution in [3.8, 4) is 22.8 Å². The van der Waals surface area contributed by atoms with Crippen LogP contribution in [-0.4, -0.2) is 102 Å². The highest BCUT2D eigenvalue weighted by atomic mass is 79.9. The number of esters is 2. The molecule has 0 aliphatic heterocycles. The Kier molecular flexibility index (Phi) is 22.4. The first-order valence-electron chi connectivity index (χ1n) is 24.9. The first kappa shape index (κ1) is 60.4. The van der Waals surface area contributed by atoms with Gasteiger partial charge in [-0.25, -0.2) is 40.0 Å². The molecule has 0 radical (unpaired) electrons. The zero-order valence-electron chi connectivity index (χ0n) is 44.2. The van der Waals surface area contributed by atoms with Crippen LogP contribution in [0.3, 0.4) is 0 Å². The number of fused-ring (bicyclic) bond motifs is 3. The van der Waals surface area contributed by atoms with E-state index >= 15 is 0 Å². The predicted molar refractivity (Wildman–Crippen MR) is 326 cm³/mol. The number of Topliss-reactive ketones (excluding diaryl/α,β-unsaturated/α-hetero) is 1. The monoisotopic (exact) mass is 1220 g/mol. The maximum Gasteiger partial charge on any atom is 0.338 e. The Bertz CT molecular complexity index is 3930. The van der Waals surface area contributed by atoms with E-state index < -0.39 is 5.91 Å². The topological polar surface area (TPSA) is 279 Å². The molecule has 0 saturated carbocycles. The zero-order valence-corrected chi connectivity index (χ0v) is 48.2. The molecule has 0 bridgehead atoms. The van der Waals surface area contributed by atoms with Gasteiger partial charge in [0.25, 0.3) is 5.91 Å². The van der Waals surface area contributed by atoms with Crippen LogP contribution in [0.25, 0.3) is 39.7 Å². The second-order valence-corrected chi connectivity index (χ2v) is 19.2. The van der Waals surface area contributed by atoms with Gasteiger partial charge >= 0.3 is 11.9 Å². The van der Waals surface area contributed by atoms with Crippen molar-refractivity contribution in [1.29, 1.82) is 0 Å². The number of aromatic nitrogens is 8. The molecule has 11 aromatic rings. The highest BCUT2D eigenvalue weighted by molar-refractivity contribution is 9.09. The number of aliphatic hydroxyl groups excluding tert-OH is 1. The number of thiazole rings is 2. The summed E-state index contributed by atoms with van der Waals surface area (Å²) in [5.41, 5.74) is 17.1. The molecule has 25 heteroatoms. The van der Waals surface area contributed by atoms with E-state index in [1.165, 1.54) is 22.7 Å². The second kappa shape index (κ2) is 30.4. The average Bonchev–Trinajstić information content (AvgIpc) is 4.38. The summed E-state index contributed by atoms with van der Waals surface area (Å²) >= 11 is 10.8. The number of hydrogen-bond acceptors (Lipinski definition) is 18. The van der Waals surface area contributed by atoms with Gasteiger partial charge in [-0.3, -0.25) is 28.0 Å². The molecule has 8 N–H and O–H groups in total. The molecule has 0 aliphatic carbocycles. The third-order valence-corrected chi connectivity index (χ3v) is 13.1. The minimum atomic E-state index is -0.561. The van der Waals surface area contributed by atoms with Crippen molar-refractivity contribution in [1.82, 2.24) is 43.6 Å². The van der Waals surface area contributed by atoms with Gasteiger partial charge in [0, 0.05) is 58.6 Å². The van der Waals surface area contributed by atoms with E-state index in [4.69, 9.17) is 25.5 Å². The van der Waals surface area contributed by atoms with E-state index in [0.29, 0.717) is 57.4 Å². The summed E-state index contributed by atoms with van der Waals surface area (Å²) in [5.74, 6) is -1.21. The number of amides is 1. The molecule has 11 rings (SSSR count). The minimum Gasteiger partial charge on any atom is -0.462 e. The number of thiocarbonyl (C=S) groups is 1. The smallest absolute Gasteiger partial charge is 0.338 e. The molecule has 21 nitrogen and oxygen atoms in total. The van der Waals surface area contributed by atoms with Crippen molar-refractivity contribution < 1.29 is 39.0 Å². The molecule has 0 unspecified atom stereocenters. The van der Waals surface area contributed by atoms with Gasteiger partial charge in [-0.15, -0.1) is 22.7 Å². The van der Waals surface area contributed by atoms with Gasteiger partial charge in [0.15, 0.2) is 21.2 Å². The summed E-state index contributed by atoms with van der Waals surface area (Å²) in [6.07, 6.45) is 10.9. The van der Waals surface area contributed by atoms with Gasteiger partial charge in [-0.2, -0.15) is 0 Å². The number of halogens is 1. The fraction of sp³-hybridized carbons (Fsp3) is 0.123. The van der Waals surface area contributed by atoms with Gasteiger partial charge in [0.05, 0.1) is 59.6 Å². The molecular formula is C57H54BrN13O8S3. The number of pyridine rings is 3. The van der Waals surface area contributed by atoms with Crippen molar-refractivity contribution in [2.75, 3.05) is 41.1 Å². The Morgan fingerprint density at radius 2 is 1.04 bits per heavy atom. The number of anilines is 5. The number of hydrogen-bond donors (Lipinski definition) is 7. The van der Waals surface area contributed by atoms with Crippen LogP contribution >= 0.6 is 50.8 Å². The molecule has 0 aliphatic rings. The zero-order chi connectivity index (χ0) is 58.4. The summed E-state index contributed by atoms with van der Waals surface area (Å²) in [6.45, 7) is 6.18.